The number of rotatable bonds is 1. The summed E-state index contributed by atoms with van der Waals surface area (Å²) in [6, 6.07) is 11.0. The summed E-state index contributed by atoms with van der Waals surface area (Å²) < 4.78 is 0. The van der Waals surface area contributed by atoms with Crippen molar-refractivity contribution in [3.05, 3.63) is 42.0 Å². The number of fused-ring (bicyclic) bond motifs is 1. The molecule has 1 saturated carbocycles. The molecule has 0 heterocycles. The molecule has 15 heavy (non-hydrogen) atoms. The summed E-state index contributed by atoms with van der Waals surface area (Å²) in [4.78, 5) is 0. The van der Waals surface area contributed by atoms with Gasteiger partial charge in [0.25, 0.3) is 0 Å². The van der Waals surface area contributed by atoms with Gasteiger partial charge in [0.2, 0.25) is 0 Å². The van der Waals surface area contributed by atoms with E-state index in [1.807, 2.05) is 0 Å². The van der Waals surface area contributed by atoms with Crippen molar-refractivity contribution in [2.45, 2.75) is 32.1 Å². The fraction of sp³-hybridized carbons (Fsp3) is 0.467. The Morgan fingerprint density at radius 1 is 0.933 bits per heavy atom. The van der Waals surface area contributed by atoms with Crippen LogP contribution in [0.15, 0.2) is 36.4 Å². The first-order chi connectivity index (χ1) is 7.45. The number of hydrogen-bond acceptors (Lipinski definition) is 0. The first kappa shape index (κ1) is 9.21. The molecule has 78 valence electrons. The third kappa shape index (κ3) is 1.62. The number of benzene rings is 1. The van der Waals surface area contributed by atoms with Crippen molar-refractivity contribution in [3.8, 4) is 0 Å². The molecule has 0 N–H and O–H groups in total. The maximum absolute atomic E-state index is 2.50. The zero-order chi connectivity index (χ0) is 10.1. The summed E-state index contributed by atoms with van der Waals surface area (Å²) in [5, 5.41) is 0. The Kier molecular flexibility index (Phi) is 2.36. The fourth-order valence-corrected chi connectivity index (χ4v) is 3.29. The minimum atomic E-state index is 0.876. The number of allylic oxidation sites excluding steroid dienone is 2. The minimum Gasteiger partial charge on any atom is -0.0801 e. The Hall–Kier alpha value is -1.04. The van der Waals surface area contributed by atoms with Crippen LogP contribution in [0.5, 0.6) is 0 Å². The lowest BCUT2D eigenvalue weighted by atomic mass is 9.77. The summed E-state index contributed by atoms with van der Waals surface area (Å²) >= 11 is 0. The second-order valence-electron chi connectivity index (χ2n) is 4.91. The maximum atomic E-state index is 2.50. The summed E-state index contributed by atoms with van der Waals surface area (Å²) in [6.07, 6.45) is 9.59. The quantitative estimate of drug-likeness (QED) is 0.632. The molecule has 0 spiro atoms. The molecule has 0 bridgehead atoms. The van der Waals surface area contributed by atoms with E-state index < -0.39 is 0 Å². The molecule has 2 atom stereocenters. The van der Waals surface area contributed by atoms with Crippen molar-refractivity contribution in [2.24, 2.45) is 11.8 Å². The molecule has 0 nitrogen and oxygen atoms in total. The molecular formula is C15H18. The van der Waals surface area contributed by atoms with Crippen LogP contribution in [-0.4, -0.2) is 0 Å². The second-order valence-corrected chi connectivity index (χ2v) is 4.91. The third-order valence-electron chi connectivity index (χ3n) is 4.06. The van der Waals surface area contributed by atoms with Gasteiger partial charge >= 0.3 is 0 Å². The molecular weight excluding hydrogens is 180 g/mol. The zero-order valence-electron chi connectivity index (χ0n) is 9.15. The SMILES string of the molecule is C1=C(c2ccccc2)[C@@H]2CCCC[C@H]2C1. The van der Waals surface area contributed by atoms with Crippen LogP contribution in [0.1, 0.15) is 37.7 Å². The van der Waals surface area contributed by atoms with Crippen LogP contribution < -0.4 is 0 Å². The predicted octanol–water partition coefficient (Wildman–Crippen LogP) is 4.28. The molecule has 0 saturated heterocycles. The van der Waals surface area contributed by atoms with E-state index in [1.165, 1.54) is 37.7 Å². The first-order valence-electron chi connectivity index (χ1n) is 6.20. The van der Waals surface area contributed by atoms with Crippen molar-refractivity contribution in [2.75, 3.05) is 0 Å². The van der Waals surface area contributed by atoms with Crippen LogP contribution in [-0.2, 0) is 0 Å². The Labute approximate surface area is 92.0 Å². The van der Waals surface area contributed by atoms with E-state index in [1.54, 1.807) is 5.57 Å². The van der Waals surface area contributed by atoms with E-state index in [2.05, 4.69) is 36.4 Å². The zero-order valence-corrected chi connectivity index (χ0v) is 9.15. The van der Waals surface area contributed by atoms with Gasteiger partial charge in [0, 0.05) is 0 Å². The van der Waals surface area contributed by atoms with Crippen LogP contribution >= 0.6 is 0 Å². The summed E-state index contributed by atoms with van der Waals surface area (Å²) in [6.45, 7) is 0. The van der Waals surface area contributed by atoms with Gasteiger partial charge in [0.1, 0.15) is 0 Å². The molecule has 0 heteroatoms. The van der Waals surface area contributed by atoms with Crippen molar-refractivity contribution in [3.63, 3.8) is 0 Å². The van der Waals surface area contributed by atoms with E-state index in [-0.39, 0.29) is 0 Å². The molecule has 0 aromatic heterocycles. The molecule has 1 aromatic carbocycles. The highest BCUT2D eigenvalue weighted by molar-refractivity contribution is 5.69. The molecule has 3 rings (SSSR count). The van der Waals surface area contributed by atoms with Crippen LogP contribution in [0.25, 0.3) is 5.57 Å². The Bertz CT molecular complexity index is 361. The van der Waals surface area contributed by atoms with Gasteiger partial charge in [-0.2, -0.15) is 0 Å². The van der Waals surface area contributed by atoms with E-state index in [9.17, 15) is 0 Å². The molecule has 0 amide bonds. The Balaban J connectivity index is 1.88. The smallest absolute Gasteiger partial charge is 0.0128 e. The maximum Gasteiger partial charge on any atom is -0.0128 e. The summed E-state index contributed by atoms with van der Waals surface area (Å²) in [5.41, 5.74) is 3.10. The first-order valence-corrected chi connectivity index (χ1v) is 6.20. The van der Waals surface area contributed by atoms with Crippen LogP contribution in [0.3, 0.4) is 0 Å². The molecule has 1 aromatic rings. The van der Waals surface area contributed by atoms with Crippen molar-refractivity contribution >= 4 is 5.57 Å². The molecule has 0 unspecified atom stereocenters. The Morgan fingerprint density at radius 2 is 1.73 bits per heavy atom. The van der Waals surface area contributed by atoms with E-state index in [0.29, 0.717) is 0 Å². The molecule has 0 aliphatic heterocycles. The van der Waals surface area contributed by atoms with Crippen LogP contribution in [0, 0.1) is 11.8 Å². The number of hydrogen-bond donors (Lipinski definition) is 0. The van der Waals surface area contributed by atoms with E-state index in [0.717, 1.165) is 11.8 Å². The normalized spacial score (nSPS) is 29.7. The summed E-state index contributed by atoms with van der Waals surface area (Å²) in [7, 11) is 0. The van der Waals surface area contributed by atoms with Crippen LogP contribution in [0.4, 0.5) is 0 Å². The average Bonchev–Trinajstić information content (AvgIpc) is 2.74. The van der Waals surface area contributed by atoms with Crippen molar-refractivity contribution in [1.82, 2.24) is 0 Å². The lowest BCUT2D eigenvalue weighted by molar-refractivity contribution is 0.311. The highest BCUT2D eigenvalue weighted by atomic mass is 14.4. The van der Waals surface area contributed by atoms with Gasteiger partial charge in [-0.05, 0) is 42.2 Å². The average molecular weight is 198 g/mol. The second kappa shape index (κ2) is 3.84. The predicted molar refractivity (Wildman–Crippen MR) is 64.5 cm³/mol. The molecule has 2 aliphatic rings. The summed E-state index contributed by atoms with van der Waals surface area (Å²) in [5.74, 6) is 1.84. The van der Waals surface area contributed by atoms with Gasteiger partial charge in [-0.15, -0.1) is 0 Å². The van der Waals surface area contributed by atoms with Gasteiger partial charge in [-0.3, -0.25) is 0 Å². The van der Waals surface area contributed by atoms with Gasteiger partial charge < -0.3 is 0 Å². The van der Waals surface area contributed by atoms with Gasteiger partial charge in [-0.25, -0.2) is 0 Å². The topological polar surface area (TPSA) is 0 Å². The minimum absolute atomic E-state index is 0.876. The lowest BCUT2D eigenvalue weighted by Crippen LogP contribution is -2.15. The third-order valence-corrected chi connectivity index (χ3v) is 4.06. The molecule has 1 fully saturated rings. The standard InChI is InChI=1S/C15H18/c1-2-6-12(7-3-1)15-11-10-13-8-4-5-9-14(13)15/h1-3,6-7,11,13-14H,4-5,8-10H2/t13-,14+/m0/s1. The fourth-order valence-electron chi connectivity index (χ4n) is 3.29. The Morgan fingerprint density at radius 3 is 2.60 bits per heavy atom. The molecule has 0 radical (unpaired) electrons. The highest BCUT2D eigenvalue weighted by Crippen LogP contribution is 2.46. The van der Waals surface area contributed by atoms with E-state index >= 15 is 0 Å². The monoisotopic (exact) mass is 198 g/mol. The molecule has 2 aliphatic carbocycles. The van der Waals surface area contributed by atoms with Crippen LogP contribution in [0.2, 0.25) is 0 Å². The lowest BCUT2D eigenvalue weighted by Gasteiger charge is -2.27. The largest absolute Gasteiger partial charge is 0.0801 e. The van der Waals surface area contributed by atoms with E-state index in [4.69, 9.17) is 0 Å². The van der Waals surface area contributed by atoms with Gasteiger partial charge in [0.15, 0.2) is 0 Å². The highest BCUT2D eigenvalue weighted by Gasteiger charge is 2.31. The van der Waals surface area contributed by atoms with Gasteiger partial charge in [0.05, 0.1) is 0 Å². The van der Waals surface area contributed by atoms with Gasteiger partial charge in [-0.1, -0.05) is 49.2 Å². The van der Waals surface area contributed by atoms with Crippen molar-refractivity contribution < 1.29 is 0 Å². The van der Waals surface area contributed by atoms with Crippen molar-refractivity contribution in [1.29, 1.82) is 0 Å².